The Morgan fingerprint density at radius 1 is 1.00 bits per heavy atom. The fraction of sp³-hybridized carbons (Fsp3) is 0.391. The SMILES string of the molecule is CC(=O)NCCc1ccc(C(=O)Nc2cc(C(F)(F)F)ccc2N2CCCCC2)cc1. The van der Waals surface area contributed by atoms with Gasteiger partial charge in [0, 0.05) is 32.1 Å². The van der Waals surface area contributed by atoms with Gasteiger partial charge < -0.3 is 15.5 Å². The van der Waals surface area contributed by atoms with Crippen molar-refractivity contribution in [3.63, 3.8) is 0 Å². The lowest BCUT2D eigenvalue weighted by atomic mass is 10.1. The van der Waals surface area contributed by atoms with Gasteiger partial charge in [0.2, 0.25) is 5.91 Å². The van der Waals surface area contributed by atoms with E-state index in [4.69, 9.17) is 0 Å². The summed E-state index contributed by atoms with van der Waals surface area (Å²) >= 11 is 0. The molecule has 31 heavy (non-hydrogen) atoms. The smallest absolute Gasteiger partial charge is 0.370 e. The van der Waals surface area contributed by atoms with E-state index in [1.54, 1.807) is 24.3 Å². The number of halogens is 3. The second-order valence-corrected chi connectivity index (χ2v) is 7.66. The summed E-state index contributed by atoms with van der Waals surface area (Å²) in [6.45, 7) is 3.43. The number of nitrogens with zero attached hydrogens (tertiary/aromatic N) is 1. The summed E-state index contributed by atoms with van der Waals surface area (Å²) in [5.41, 5.74) is 1.27. The van der Waals surface area contributed by atoms with Crippen LogP contribution in [0.15, 0.2) is 42.5 Å². The van der Waals surface area contributed by atoms with Gasteiger partial charge in [-0.2, -0.15) is 13.2 Å². The maximum atomic E-state index is 13.2. The Morgan fingerprint density at radius 3 is 2.29 bits per heavy atom. The summed E-state index contributed by atoms with van der Waals surface area (Å²) in [5, 5.41) is 5.38. The Morgan fingerprint density at radius 2 is 1.68 bits per heavy atom. The van der Waals surface area contributed by atoms with Crippen LogP contribution in [-0.2, 0) is 17.4 Å². The molecule has 1 aliphatic heterocycles. The van der Waals surface area contributed by atoms with Gasteiger partial charge >= 0.3 is 6.18 Å². The zero-order valence-electron chi connectivity index (χ0n) is 17.4. The Hall–Kier alpha value is -3.03. The normalized spacial score (nSPS) is 14.3. The van der Waals surface area contributed by atoms with Gasteiger partial charge in [-0.25, -0.2) is 0 Å². The van der Waals surface area contributed by atoms with Crippen LogP contribution >= 0.6 is 0 Å². The van der Waals surface area contributed by atoms with Crippen LogP contribution in [0.25, 0.3) is 0 Å². The van der Waals surface area contributed by atoms with Crippen molar-refractivity contribution in [1.82, 2.24) is 5.32 Å². The van der Waals surface area contributed by atoms with E-state index in [0.717, 1.165) is 50.0 Å². The Bertz CT molecular complexity index is 921. The lowest BCUT2D eigenvalue weighted by Gasteiger charge is -2.31. The summed E-state index contributed by atoms with van der Waals surface area (Å²) in [5.74, 6) is -0.576. The quantitative estimate of drug-likeness (QED) is 0.699. The van der Waals surface area contributed by atoms with Crippen molar-refractivity contribution in [3.05, 3.63) is 59.2 Å². The summed E-state index contributed by atoms with van der Waals surface area (Å²) in [7, 11) is 0. The molecule has 166 valence electrons. The highest BCUT2D eigenvalue weighted by Crippen LogP contribution is 2.36. The van der Waals surface area contributed by atoms with Gasteiger partial charge in [0.25, 0.3) is 5.91 Å². The summed E-state index contributed by atoms with van der Waals surface area (Å²) in [6.07, 6.45) is -0.848. The van der Waals surface area contributed by atoms with Crippen LogP contribution in [-0.4, -0.2) is 31.4 Å². The molecule has 0 bridgehead atoms. The van der Waals surface area contributed by atoms with Crippen molar-refractivity contribution >= 4 is 23.2 Å². The molecule has 0 radical (unpaired) electrons. The molecule has 5 nitrogen and oxygen atoms in total. The molecule has 0 unspecified atom stereocenters. The van der Waals surface area contributed by atoms with Crippen LogP contribution in [0.4, 0.5) is 24.5 Å². The highest BCUT2D eigenvalue weighted by Gasteiger charge is 2.32. The van der Waals surface area contributed by atoms with Gasteiger partial charge in [-0.05, 0) is 61.6 Å². The third kappa shape index (κ3) is 6.23. The number of hydrogen-bond donors (Lipinski definition) is 2. The summed E-state index contributed by atoms with van der Waals surface area (Å²) in [6, 6.07) is 10.3. The van der Waals surface area contributed by atoms with E-state index in [0.29, 0.717) is 24.2 Å². The van der Waals surface area contributed by atoms with Crippen LogP contribution < -0.4 is 15.5 Å². The predicted molar refractivity (Wildman–Crippen MR) is 114 cm³/mol. The van der Waals surface area contributed by atoms with Crippen molar-refractivity contribution in [3.8, 4) is 0 Å². The molecule has 0 spiro atoms. The third-order valence-electron chi connectivity index (χ3n) is 5.27. The number of rotatable bonds is 6. The van der Waals surface area contributed by atoms with E-state index < -0.39 is 17.6 Å². The van der Waals surface area contributed by atoms with Crippen LogP contribution in [0, 0.1) is 0 Å². The molecule has 1 aliphatic rings. The Labute approximate surface area is 179 Å². The van der Waals surface area contributed by atoms with Gasteiger partial charge in [0.05, 0.1) is 16.9 Å². The topological polar surface area (TPSA) is 61.4 Å². The summed E-state index contributed by atoms with van der Waals surface area (Å²) < 4.78 is 39.7. The lowest BCUT2D eigenvalue weighted by Crippen LogP contribution is -2.30. The fourth-order valence-corrected chi connectivity index (χ4v) is 3.62. The lowest BCUT2D eigenvalue weighted by molar-refractivity contribution is -0.137. The number of amides is 2. The minimum absolute atomic E-state index is 0.110. The summed E-state index contributed by atoms with van der Waals surface area (Å²) in [4.78, 5) is 25.7. The maximum Gasteiger partial charge on any atom is 0.416 e. The van der Waals surface area contributed by atoms with E-state index in [1.165, 1.54) is 13.0 Å². The number of anilines is 2. The van der Waals surface area contributed by atoms with Gasteiger partial charge in [-0.3, -0.25) is 9.59 Å². The fourth-order valence-electron chi connectivity index (χ4n) is 3.62. The van der Waals surface area contributed by atoms with E-state index in [9.17, 15) is 22.8 Å². The van der Waals surface area contributed by atoms with E-state index in [-0.39, 0.29) is 11.6 Å². The van der Waals surface area contributed by atoms with Gasteiger partial charge in [-0.1, -0.05) is 12.1 Å². The molecule has 0 aliphatic carbocycles. The van der Waals surface area contributed by atoms with Crippen molar-refractivity contribution < 1.29 is 22.8 Å². The molecule has 3 rings (SSSR count). The number of carbonyl (C=O) groups excluding carboxylic acids is 2. The van der Waals surface area contributed by atoms with Crippen LogP contribution in [0.1, 0.15) is 47.7 Å². The molecular weight excluding hydrogens is 407 g/mol. The highest BCUT2D eigenvalue weighted by molar-refractivity contribution is 6.06. The van der Waals surface area contributed by atoms with Crippen molar-refractivity contribution in [2.75, 3.05) is 29.9 Å². The van der Waals surface area contributed by atoms with Crippen molar-refractivity contribution in [2.24, 2.45) is 0 Å². The first-order valence-corrected chi connectivity index (χ1v) is 10.3. The number of benzene rings is 2. The average Bonchev–Trinajstić information content (AvgIpc) is 2.74. The second kappa shape index (κ2) is 9.85. The molecule has 2 N–H and O–H groups in total. The number of hydrogen-bond acceptors (Lipinski definition) is 3. The predicted octanol–water partition coefficient (Wildman–Crippen LogP) is 4.63. The number of piperidine rings is 1. The van der Waals surface area contributed by atoms with E-state index in [2.05, 4.69) is 10.6 Å². The molecule has 1 saturated heterocycles. The van der Waals surface area contributed by atoms with Gasteiger partial charge in [-0.15, -0.1) is 0 Å². The first-order valence-electron chi connectivity index (χ1n) is 10.3. The van der Waals surface area contributed by atoms with E-state index in [1.807, 2.05) is 4.90 Å². The molecule has 0 aromatic heterocycles. The highest BCUT2D eigenvalue weighted by atomic mass is 19.4. The van der Waals surface area contributed by atoms with Crippen LogP contribution in [0.2, 0.25) is 0 Å². The van der Waals surface area contributed by atoms with Crippen molar-refractivity contribution in [2.45, 2.75) is 38.8 Å². The minimum atomic E-state index is -4.49. The average molecular weight is 433 g/mol. The zero-order chi connectivity index (χ0) is 22.4. The number of alkyl halides is 3. The molecule has 0 saturated carbocycles. The molecule has 1 fully saturated rings. The second-order valence-electron chi connectivity index (χ2n) is 7.66. The monoisotopic (exact) mass is 433 g/mol. The third-order valence-corrected chi connectivity index (χ3v) is 5.27. The number of carbonyl (C=O) groups is 2. The Kier molecular flexibility index (Phi) is 7.20. The number of nitrogens with one attached hydrogen (secondary N) is 2. The molecule has 1 heterocycles. The maximum absolute atomic E-state index is 13.2. The van der Waals surface area contributed by atoms with Crippen molar-refractivity contribution in [1.29, 1.82) is 0 Å². The van der Waals surface area contributed by atoms with E-state index >= 15 is 0 Å². The van der Waals surface area contributed by atoms with Crippen LogP contribution in [0.3, 0.4) is 0 Å². The largest absolute Gasteiger partial charge is 0.416 e. The molecular formula is C23H26F3N3O2. The van der Waals surface area contributed by atoms with Gasteiger partial charge in [0.15, 0.2) is 0 Å². The molecule has 8 heteroatoms. The zero-order valence-corrected chi connectivity index (χ0v) is 17.4. The Balaban J connectivity index is 1.77. The molecule has 2 amide bonds. The first-order chi connectivity index (χ1) is 14.7. The minimum Gasteiger partial charge on any atom is -0.370 e. The molecule has 2 aromatic carbocycles. The standard InChI is InChI=1S/C23H26F3N3O2/c1-16(30)27-12-11-17-5-7-18(8-6-17)22(31)28-20-15-19(23(24,25)26)9-10-21(20)29-13-3-2-4-14-29/h5-10,15H,2-4,11-14H2,1H3,(H,27,30)(H,28,31). The first kappa shape index (κ1) is 22.7. The molecule has 0 atom stereocenters. The van der Waals surface area contributed by atoms with Gasteiger partial charge in [0.1, 0.15) is 0 Å². The molecule has 2 aromatic rings. The van der Waals surface area contributed by atoms with Crippen LogP contribution in [0.5, 0.6) is 0 Å².